The molecule has 0 saturated heterocycles. The Morgan fingerprint density at radius 3 is 2.87 bits per heavy atom. The van der Waals surface area contributed by atoms with Gasteiger partial charge in [0.25, 0.3) is 6.01 Å². The van der Waals surface area contributed by atoms with Gasteiger partial charge in [-0.1, -0.05) is 6.07 Å². The Balaban J connectivity index is 1.90. The predicted octanol–water partition coefficient (Wildman–Crippen LogP) is 4.47. The van der Waals surface area contributed by atoms with E-state index in [1.54, 1.807) is 6.07 Å². The van der Waals surface area contributed by atoms with Gasteiger partial charge in [0.2, 0.25) is 0 Å². The third kappa shape index (κ3) is 3.16. The Kier molecular flexibility index (Phi) is 3.98. The molecule has 2 aromatic rings. The number of halogens is 2. The van der Waals surface area contributed by atoms with Crippen LogP contribution in [0, 0.1) is 12.7 Å². The Labute approximate surface area is 132 Å². The summed E-state index contributed by atoms with van der Waals surface area (Å²) in [7, 11) is 0. The maximum Gasteiger partial charge on any atom is 0.300 e. The SMILES string of the molecule is CC(=O)CC1=C(F)c2oc(Nc3cc(F)ccc3C)nc2CC1. The van der Waals surface area contributed by atoms with E-state index in [0.29, 0.717) is 29.8 Å². The molecule has 23 heavy (non-hydrogen) atoms. The maximum absolute atomic E-state index is 14.4. The van der Waals surface area contributed by atoms with Gasteiger partial charge in [0.15, 0.2) is 11.6 Å². The van der Waals surface area contributed by atoms with Crippen molar-refractivity contribution in [2.75, 3.05) is 5.32 Å². The van der Waals surface area contributed by atoms with Gasteiger partial charge in [-0.2, -0.15) is 4.98 Å². The number of fused-ring (bicyclic) bond motifs is 1. The van der Waals surface area contributed by atoms with E-state index < -0.39 is 5.83 Å². The number of carbonyl (C=O) groups is 1. The topological polar surface area (TPSA) is 55.1 Å². The van der Waals surface area contributed by atoms with E-state index >= 15 is 0 Å². The lowest BCUT2D eigenvalue weighted by Crippen LogP contribution is -2.04. The summed E-state index contributed by atoms with van der Waals surface area (Å²) in [4.78, 5) is 15.4. The lowest BCUT2D eigenvalue weighted by molar-refractivity contribution is -0.116. The van der Waals surface area contributed by atoms with Crippen LogP contribution in [0.2, 0.25) is 0 Å². The summed E-state index contributed by atoms with van der Waals surface area (Å²) >= 11 is 0. The van der Waals surface area contributed by atoms with E-state index in [4.69, 9.17) is 4.42 Å². The minimum atomic E-state index is -0.516. The first kappa shape index (κ1) is 15.4. The molecule has 0 spiro atoms. The second-order valence-corrected chi connectivity index (χ2v) is 5.68. The highest BCUT2D eigenvalue weighted by molar-refractivity contribution is 5.81. The summed E-state index contributed by atoms with van der Waals surface area (Å²) in [5.74, 6) is -0.932. The van der Waals surface area contributed by atoms with Gasteiger partial charge in [-0.05, 0) is 50.0 Å². The van der Waals surface area contributed by atoms with Gasteiger partial charge in [-0.3, -0.25) is 4.79 Å². The van der Waals surface area contributed by atoms with E-state index in [9.17, 15) is 13.6 Å². The summed E-state index contributed by atoms with van der Waals surface area (Å²) in [5.41, 5.74) is 2.27. The number of aromatic nitrogens is 1. The molecule has 1 heterocycles. The average Bonchev–Trinajstić information content (AvgIpc) is 2.89. The first-order chi connectivity index (χ1) is 10.9. The molecular formula is C17H16F2N2O2. The molecule has 0 bridgehead atoms. The number of aryl methyl sites for hydroxylation is 2. The van der Waals surface area contributed by atoms with Crippen LogP contribution in [0.15, 0.2) is 28.2 Å². The van der Waals surface area contributed by atoms with Crippen molar-refractivity contribution in [1.82, 2.24) is 4.98 Å². The molecular weight excluding hydrogens is 302 g/mol. The third-order valence-electron chi connectivity index (χ3n) is 3.77. The van der Waals surface area contributed by atoms with Crippen molar-refractivity contribution in [1.29, 1.82) is 0 Å². The van der Waals surface area contributed by atoms with Crippen LogP contribution < -0.4 is 5.32 Å². The fraction of sp³-hybridized carbons (Fsp3) is 0.294. The third-order valence-corrected chi connectivity index (χ3v) is 3.77. The molecule has 0 unspecified atom stereocenters. The fourth-order valence-electron chi connectivity index (χ4n) is 2.60. The maximum atomic E-state index is 14.4. The highest BCUT2D eigenvalue weighted by atomic mass is 19.1. The zero-order valence-corrected chi connectivity index (χ0v) is 12.9. The van der Waals surface area contributed by atoms with Crippen LogP contribution in [-0.2, 0) is 11.2 Å². The highest BCUT2D eigenvalue weighted by Crippen LogP contribution is 2.36. The first-order valence-electron chi connectivity index (χ1n) is 7.34. The molecule has 0 radical (unpaired) electrons. The van der Waals surface area contributed by atoms with Gasteiger partial charge < -0.3 is 9.73 Å². The molecule has 3 rings (SSSR count). The fourth-order valence-corrected chi connectivity index (χ4v) is 2.60. The van der Waals surface area contributed by atoms with Crippen LogP contribution in [0.4, 0.5) is 20.5 Å². The molecule has 1 aromatic heterocycles. The zero-order valence-electron chi connectivity index (χ0n) is 12.9. The lowest BCUT2D eigenvalue weighted by atomic mass is 9.96. The zero-order chi connectivity index (χ0) is 16.6. The lowest BCUT2D eigenvalue weighted by Gasteiger charge is -2.11. The summed E-state index contributed by atoms with van der Waals surface area (Å²) in [6.45, 7) is 3.24. The highest BCUT2D eigenvalue weighted by Gasteiger charge is 2.26. The smallest absolute Gasteiger partial charge is 0.300 e. The second-order valence-electron chi connectivity index (χ2n) is 5.68. The van der Waals surface area contributed by atoms with Gasteiger partial charge in [0, 0.05) is 12.1 Å². The van der Waals surface area contributed by atoms with Crippen molar-refractivity contribution in [3.63, 3.8) is 0 Å². The van der Waals surface area contributed by atoms with Crippen molar-refractivity contribution in [3.8, 4) is 0 Å². The van der Waals surface area contributed by atoms with E-state index in [1.165, 1.54) is 19.1 Å². The van der Waals surface area contributed by atoms with Crippen LogP contribution in [-0.4, -0.2) is 10.8 Å². The second kappa shape index (κ2) is 5.95. The number of carbonyl (C=O) groups excluding carboxylic acids is 1. The van der Waals surface area contributed by atoms with Crippen molar-refractivity contribution < 1.29 is 18.0 Å². The van der Waals surface area contributed by atoms with Gasteiger partial charge in [-0.15, -0.1) is 0 Å². The molecule has 1 N–H and O–H groups in total. The van der Waals surface area contributed by atoms with Crippen molar-refractivity contribution >= 4 is 23.3 Å². The van der Waals surface area contributed by atoms with Crippen LogP contribution in [0.5, 0.6) is 0 Å². The van der Waals surface area contributed by atoms with E-state index in [2.05, 4.69) is 10.3 Å². The minimum absolute atomic E-state index is 0.0593. The summed E-state index contributed by atoms with van der Waals surface area (Å²) < 4.78 is 33.2. The number of hydrogen-bond donors (Lipinski definition) is 1. The van der Waals surface area contributed by atoms with Crippen molar-refractivity contribution in [3.05, 3.63) is 46.6 Å². The van der Waals surface area contributed by atoms with Crippen LogP contribution >= 0.6 is 0 Å². The van der Waals surface area contributed by atoms with E-state index in [0.717, 1.165) is 5.56 Å². The molecule has 1 aromatic carbocycles. The number of oxazole rings is 1. The molecule has 120 valence electrons. The van der Waals surface area contributed by atoms with E-state index in [1.807, 2.05) is 6.92 Å². The van der Waals surface area contributed by atoms with Gasteiger partial charge >= 0.3 is 0 Å². The van der Waals surface area contributed by atoms with Gasteiger partial charge in [-0.25, -0.2) is 8.78 Å². The minimum Gasteiger partial charge on any atom is -0.421 e. The first-order valence-corrected chi connectivity index (χ1v) is 7.34. The number of hydrogen-bond acceptors (Lipinski definition) is 4. The standard InChI is InChI=1S/C17H16F2N2O2/c1-9-3-5-12(18)8-14(9)21-17-20-13-6-4-11(7-10(2)22)15(19)16(13)23-17/h3,5,8H,4,6-7H2,1-2H3,(H,20,21). The quantitative estimate of drug-likeness (QED) is 0.903. The Bertz CT molecular complexity index is 809. The number of anilines is 2. The summed E-state index contributed by atoms with van der Waals surface area (Å²) in [6.07, 6.45) is 1.04. The molecule has 0 amide bonds. The van der Waals surface area contributed by atoms with Crippen molar-refractivity contribution in [2.24, 2.45) is 0 Å². The predicted molar refractivity (Wildman–Crippen MR) is 82.6 cm³/mol. The molecule has 6 heteroatoms. The van der Waals surface area contributed by atoms with Crippen LogP contribution in [0.25, 0.3) is 5.83 Å². The average molecular weight is 318 g/mol. The number of ketones is 1. The number of allylic oxidation sites excluding steroid dienone is 1. The number of nitrogens with one attached hydrogen (secondary N) is 1. The van der Waals surface area contributed by atoms with Gasteiger partial charge in [0.1, 0.15) is 11.6 Å². The normalized spacial score (nSPS) is 13.9. The molecule has 4 nitrogen and oxygen atoms in total. The number of benzene rings is 1. The summed E-state index contributed by atoms with van der Waals surface area (Å²) in [6, 6.07) is 4.43. The number of rotatable bonds is 4. The van der Waals surface area contributed by atoms with Crippen LogP contribution in [0.1, 0.15) is 36.8 Å². The molecule has 1 aliphatic carbocycles. The number of nitrogens with zero attached hydrogens (tertiary/aromatic N) is 1. The van der Waals surface area contributed by atoms with Gasteiger partial charge in [0.05, 0.1) is 5.69 Å². The van der Waals surface area contributed by atoms with Crippen molar-refractivity contribution in [2.45, 2.75) is 33.1 Å². The molecule has 0 atom stereocenters. The van der Waals surface area contributed by atoms with Crippen LogP contribution in [0.3, 0.4) is 0 Å². The molecule has 1 aliphatic rings. The Morgan fingerprint density at radius 1 is 1.35 bits per heavy atom. The largest absolute Gasteiger partial charge is 0.421 e. The Hall–Kier alpha value is -2.50. The van der Waals surface area contributed by atoms with E-state index in [-0.39, 0.29) is 29.8 Å². The number of Topliss-reactive ketones (excluding diaryl/α,β-unsaturated/α-hetero) is 1. The summed E-state index contributed by atoms with van der Waals surface area (Å²) in [5, 5.41) is 2.87. The monoisotopic (exact) mass is 318 g/mol. The molecule has 0 saturated carbocycles. The molecule has 0 aliphatic heterocycles. The molecule has 0 fully saturated rings. The Morgan fingerprint density at radius 2 is 2.13 bits per heavy atom.